The predicted octanol–water partition coefficient (Wildman–Crippen LogP) is 2.05. The van der Waals surface area contributed by atoms with Gasteiger partial charge in [-0.1, -0.05) is 42.1 Å². The van der Waals surface area contributed by atoms with Crippen LogP contribution in [0.15, 0.2) is 0 Å². The summed E-state index contributed by atoms with van der Waals surface area (Å²) in [5.74, 6) is -1.11. The molecule has 3 heterocycles. The molecule has 3 saturated heterocycles. The minimum absolute atomic E-state index is 0.00368. The van der Waals surface area contributed by atoms with Gasteiger partial charge in [0.05, 0.1) is 16.6 Å². The third-order valence-corrected chi connectivity index (χ3v) is 10.2. The van der Waals surface area contributed by atoms with E-state index in [1.807, 2.05) is 6.92 Å². The number of alkyl halides is 1. The number of thioether (sulfide) groups is 1. The van der Waals surface area contributed by atoms with Gasteiger partial charge in [-0.2, -0.15) is 0 Å². The summed E-state index contributed by atoms with van der Waals surface area (Å²) in [6.07, 6.45) is 5.93. The Kier molecular flexibility index (Phi) is 8.35. The Balaban J connectivity index is 1.88. The van der Waals surface area contributed by atoms with Gasteiger partial charge in [0.15, 0.2) is 0 Å². The third kappa shape index (κ3) is 4.51. The number of amides is 3. The first-order valence-electron chi connectivity index (χ1n) is 11.6. The summed E-state index contributed by atoms with van der Waals surface area (Å²) in [6.45, 7) is 4.79. The fourth-order valence-corrected chi connectivity index (χ4v) is 9.32. The zero-order valence-corrected chi connectivity index (χ0v) is 21.1. The van der Waals surface area contributed by atoms with Gasteiger partial charge in [-0.25, -0.2) is 0 Å². The molecule has 0 saturated carbocycles. The maximum atomic E-state index is 13.7. The van der Waals surface area contributed by atoms with E-state index in [0.717, 1.165) is 38.5 Å². The second-order valence-corrected chi connectivity index (χ2v) is 11.9. The van der Waals surface area contributed by atoms with Crippen LogP contribution >= 0.6 is 27.7 Å². The van der Waals surface area contributed by atoms with E-state index in [-0.39, 0.29) is 40.4 Å². The Labute approximate surface area is 198 Å². The summed E-state index contributed by atoms with van der Waals surface area (Å²) >= 11 is 5.43. The van der Waals surface area contributed by atoms with Crippen LogP contribution in [-0.2, 0) is 14.4 Å². The predicted molar refractivity (Wildman–Crippen MR) is 126 cm³/mol. The van der Waals surface area contributed by atoms with E-state index < -0.39 is 22.6 Å². The average molecular weight is 519 g/mol. The van der Waals surface area contributed by atoms with Gasteiger partial charge in [0, 0.05) is 36.3 Å². The molecule has 1 spiro atoms. The van der Waals surface area contributed by atoms with Gasteiger partial charge in [-0.3, -0.25) is 14.4 Å². The van der Waals surface area contributed by atoms with E-state index in [0.29, 0.717) is 13.0 Å². The lowest BCUT2D eigenvalue weighted by molar-refractivity contribution is -0.140. The number of aliphatic hydroxyl groups excluding tert-OH is 1. The Morgan fingerprint density at radius 2 is 2.00 bits per heavy atom. The number of aliphatic hydroxyl groups is 1. The monoisotopic (exact) mass is 517 g/mol. The molecule has 7 nitrogen and oxygen atoms in total. The zero-order chi connectivity index (χ0) is 22.8. The molecular weight excluding hydrogens is 482 g/mol. The topological polar surface area (TPSA) is 98.7 Å². The molecule has 3 N–H and O–H groups in total. The van der Waals surface area contributed by atoms with E-state index in [2.05, 4.69) is 33.5 Å². The van der Waals surface area contributed by atoms with Crippen LogP contribution in [0.25, 0.3) is 0 Å². The van der Waals surface area contributed by atoms with Gasteiger partial charge in [0.1, 0.15) is 6.04 Å². The van der Waals surface area contributed by atoms with Crippen molar-refractivity contribution in [3.63, 3.8) is 0 Å². The molecule has 3 aliphatic rings. The van der Waals surface area contributed by atoms with Crippen LogP contribution in [0.5, 0.6) is 0 Å². The lowest BCUT2D eigenvalue weighted by Crippen LogP contribution is -2.56. The quantitative estimate of drug-likeness (QED) is 0.287. The lowest BCUT2D eigenvalue weighted by atomic mass is 9.70. The number of hydrogen-bond donors (Lipinski definition) is 3. The van der Waals surface area contributed by atoms with Gasteiger partial charge in [-0.05, 0) is 32.6 Å². The van der Waals surface area contributed by atoms with Crippen molar-refractivity contribution in [2.24, 2.45) is 11.8 Å². The first-order valence-corrected chi connectivity index (χ1v) is 13.4. The number of fused-ring (bicyclic) bond motifs is 1. The van der Waals surface area contributed by atoms with Crippen molar-refractivity contribution >= 4 is 45.4 Å². The van der Waals surface area contributed by atoms with Crippen LogP contribution in [0.4, 0.5) is 0 Å². The molecule has 3 fully saturated rings. The smallest absolute Gasteiger partial charge is 0.244 e. The average Bonchev–Trinajstić information content (AvgIpc) is 3.31. The second kappa shape index (κ2) is 10.4. The van der Waals surface area contributed by atoms with Crippen LogP contribution in [-0.4, -0.2) is 74.8 Å². The molecule has 0 radical (unpaired) electrons. The number of unbranched alkanes of at least 4 members (excludes halogenated alkanes) is 3. The molecule has 0 aromatic carbocycles. The van der Waals surface area contributed by atoms with E-state index in [9.17, 15) is 14.4 Å². The van der Waals surface area contributed by atoms with Crippen LogP contribution in [0, 0.1) is 11.8 Å². The first kappa shape index (κ1) is 24.8. The van der Waals surface area contributed by atoms with Gasteiger partial charge in [0.2, 0.25) is 17.7 Å². The fourth-order valence-electron chi connectivity index (χ4n) is 5.71. The molecule has 0 aliphatic carbocycles. The number of hydrogen-bond acceptors (Lipinski definition) is 5. The number of rotatable bonds is 11. The molecule has 2 bridgehead atoms. The summed E-state index contributed by atoms with van der Waals surface area (Å²) in [6, 6.07) is -0.501. The van der Waals surface area contributed by atoms with Crippen molar-refractivity contribution in [2.75, 3.05) is 20.2 Å². The van der Waals surface area contributed by atoms with Crippen LogP contribution in [0.3, 0.4) is 0 Å². The minimum Gasteiger partial charge on any atom is -0.396 e. The fraction of sp³-hybridized carbons (Fsp3) is 0.864. The highest BCUT2D eigenvalue weighted by Gasteiger charge is 2.75. The van der Waals surface area contributed by atoms with E-state index in [1.54, 1.807) is 23.7 Å². The molecule has 0 aromatic rings. The van der Waals surface area contributed by atoms with Crippen molar-refractivity contribution in [2.45, 2.75) is 85.7 Å². The Bertz CT molecular complexity index is 696. The molecule has 3 rings (SSSR count). The van der Waals surface area contributed by atoms with Gasteiger partial charge in [-0.15, -0.1) is 11.8 Å². The minimum atomic E-state index is -0.561. The van der Waals surface area contributed by atoms with Crippen molar-refractivity contribution in [3.05, 3.63) is 0 Å². The largest absolute Gasteiger partial charge is 0.396 e. The normalized spacial score (nSPS) is 34.7. The van der Waals surface area contributed by atoms with E-state index in [4.69, 9.17) is 5.11 Å². The Hall–Kier alpha value is -0.800. The van der Waals surface area contributed by atoms with Gasteiger partial charge >= 0.3 is 0 Å². The summed E-state index contributed by atoms with van der Waals surface area (Å²) < 4.78 is -0.561. The summed E-state index contributed by atoms with van der Waals surface area (Å²) in [4.78, 5) is 41.8. The lowest BCUT2D eigenvalue weighted by Gasteiger charge is -2.35. The molecule has 9 heteroatoms. The van der Waals surface area contributed by atoms with Gasteiger partial charge < -0.3 is 20.6 Å². The maximum absolute atomic E-state index is 13.7. The highest BCUT2D eigenvalue weighted by atomic mass is 79.9. The molecule has 3 aliphatic heterocycles. The zero-order valence-electron chi connectivity index (χ0n) is 18.7. The van der Waals surface area contributed by atoms with Gasteiger partial charge in [0.25, 0.3) is 0 Å². The SMILES string of the molecule is CCCC(C)NC(=O)C1N(CCCCCCO)C(=O)[C@@H]2[C@@H](C(=O)NC)[C@@H]3SC12CC3Br. The second-order valence-electron chi connectivity index (χ2n) is 9.15. The van der Waals surface area contributed by atoms with E-state index >= 15 is 0 Å². The highest BCUT2D eigenvalue weighted by Crippen LogP contribution is 2.67. The third-order valence-electron chi connectivity index (χ3n) is 7.00. The molecule has 7 atom stereocenters. The maximum Gasteiger partial charge on any atom is 0.244 e. The van der Waals surface area contributed by atoms with Crippen molar-refractivity contribution in [1.29, 1.82) is 0 Å². The standard InChI is InChI=1S/C22H36BrN3O4S/c1-4-9-13(2)25-20(29)18-22-12-14(23)17(31-22)15(19(28)24-3)16(22)21(30)26(18)10-7-5-6-8-11-27/h13-18,27H,4-12H2,1-3H3,(H,24,28)(H,25,29)/t13?,14?,15-,16+,17-,18?,22?/m1/s1. The highest BCUT2D eigenvalue weighted by molar-refractivity contribution is 9.09. The Morgan fingerprint density at radius 1 is 1.29 bits per heavy atom. The van der Waals surface area contributed by atoms with E-state index in [1.165, 1.54) is 0 Å². The first-order chi connectivity index (χ1) is 14.8. The van der Waals surface area contributed by atoms with Crippen molar-refractivity contribution in [3.8, 4) is 0 Å². The summed E-state index contributed by atoms with van der Waals surface area (Å²) in [7, 11) is 1.61. The van der Waals surface area contributed by atoms with Crippen LogP contribution in [0.2, 0.25) is 0 Å². The summed E-state index contributed by atoms with van der Waals surface area (Å²) in [5, 5.41) is 14.9. The number of halogens is 1. The Morgan fingerprint density at radius 3 is 2.65 bits per heavy atom. The molecular formula is C22H36BrN3O4S. The van der Waals surface area contributed by atoms with Crippen molar-refractivity contribution < 1.29 is 19.5 Å². The number of likely N-dealkylation sites (tertiary alicyclic amines) is 1. The molecule has 0 aromatic heterocycles. The number of nitrogens with zero attached hydrogens (tertiary/aromatic N) is 1. The number of nitrogens with one attached hydrogen (secondary N) is 2. The number of carbonyl (C=O) groups excluding carboxylic acids is 3. The molecule has 4 unspecified atom stereocenters. The molecule has 176 valence electrons. The summed E-state index contributed by atoms with van der Waals surface area (Å²) in [5.41, 5.74) is 0. The van der Waals surface area contributed by atoms with Crippen LogP contribution < -0.4 is 10.6 Å². The molecule has 31 heavy (non-hydrogen) atoms. The van der Waals surface area contributed by atoms with Crippen LogP contribution in [0.1, 0.15) is 58.8 Å². The molecule has 3 amide bonds. The number of carbonyl (C=O) groups is 3. The van der Waals surface area contributed by atoms with Crippen molar-refractivity contribution in [1.82, 2.24) is 15.5 Å².